The minimum atomic E-state index is -0.552. The number of carbonyl (C=O) groups excluding carboxylic acids is 1. The second-order valence-corrected chi connectivity index (χ2v) is 3.76. The Bertz CT molecular complexity index is 506. The average Bonchev–Trinajstić information content (AvgIpc) is 2.81. The quantitative estimate of drug-likeness (QED) is 0.822. The van der Waals surface area contributed by atoms with E-state index in [2.05, 4.69) is 0 Å². The lowest BCUT2D eigenvalue weighted by Gasteiger charge is -2.14. The topological polar surface area (TPSA) is 57.2 Å². The molecule has 0 unspecified atom stereocenters. The monoisotopic (exact) mass is 230 g/mol. The van der Waals surface area contributed by atoms with Crippen LogP contribution in [0.15, 0.2) is 48.8 Å². The molecule has 0 amide bonds. The Morgan fingerprint density at radius 2 is 2.00 bits per heavy atom. The molecule has 1 aromatic heterocycles. The summed E-state index contributed by atoms with van der Waals surface area (Å²) in [6.45, 7) is 1.71. The number of hydrogen-bond donors (Lipinski definition) is 1. The van der Waals surface area contributed by atoms with Crippen molar-refractivity contribution in [1.82, 2.24) is 4.57 Å². The Morgan fingerprint density at radius 1 is 1.29 bits per heavy atom. The van der Waals surface area contributed by atoms with E-state index in [0.29, 0.717) is 11.4 Å². The third kappa shape index (κ3) is 2.66. The second-order valence-electron chi connectivity index (χ2n) is 3.76. The van der Waals surface area contributed by atoms with Gasteiger partial charge in [0.1, 0.15) is 5.75 Å². The lowest BCUT2D eigenvalue weighted by atomic mass is 10.3. The second kappa shape index (κ2) is 4.74. The molecule has 0 fully saturated rings. The van der Waals surface area contributed by atoms with Gasteiger partial charge in [-0.25, -0.2) is 0 Å². The molecule has 4 nitrogen and oxygen atoms in total. The standard InChI is InChI=1S/C13H14N2O2/c1-10(13(16)15-7-2-3-8-15)17-12-6-4-5-11(14)9-12/h2-10H,14H2,1H3/t10-/m1/s1. The van der Waals surface area contributed by atoms with E-state index < -0.39 is 6.10 Å². The van der Waals surface area contributed by atoms with Crippen molar-refractivity contribution < 1.29 is 9.53 Å². The van der Waals surface area contributed by atoms with Crippen molar-refractivity contribution in [3.05, 3.63) is 48.8 Å². The molecule has 0 radical (unpaired) electrons. The summed E-state index contributed by atoms with van der Waals surface area (Å²) in [6, 6.07) is 10.6. The maximum absolute atomic E-state index is 11.9. The first-order valence-corrected chi connectivity index (χ1v) is 5.36. The number of hydrogen-bond acceptors (Lipinski definition) is 3. The molecular formula is C13H14N2O2. The Labute approximate surface area is 99.6 Å². The molecule has 2 aromatic rings. The lowest BCUT2D eigenvalue weighted by Crippen LogP contribution is -2.28. The fourth-order valence-corrected chi connectivity index (χ4v) is 1.53. The fourth-order valence-electron chi connectivity index (χ4n) is 1.53. The normalized spacial score (nSPS) is 12.1. The third-order valence-corrected chi connectivity index (χ3v) is 2.38. The van der Waals surface area contributed by atoms with Crippen LogP contribution in [0.2, 0.25) is 0 Å². The summed E-state index contributed by atoms with van der Waals surface area (Å²) in [5.74, 6) is 0.482. The van der Waals surface area contributed by atoms with Crippen LogP contribution in [-0.2, 0) is 0 Å². The first-order valence-electron chi connectivity index (χ1n) is 5.36. The van der Waals surface area contributed by atoms with E-state index in [1.807, 2.05) is 0 Å². The van der Waals surface area contributed by atoms with Gasteiger partial charge in [-0.1, -0.05) is 6.07 Å². The third-order valence-electron chi connectivity index (χ3n) is 2.38. The summed E-state index contributed by atoms with van der Waals surface area (Å²) in [5, 5.41) is 0. The van der Waals surface area contributed by atoms with Crippen LogP contribution in [0.1, 0.15) is 11.7 Å². The van der Waals surface area contributed by atoms with Crippen LogP contribution < -0.4 is 10.5 Å². The average molecular weight is 230 g/mol. The first-order chi connectivity index (χ1) is 8.16. The van der Waals surface area contributed by atoms with Crippen LogP contribution in [0.5, 0.6) is 5.75 Å². The van der Waals surface area contributed by atoms with Crippen molar-refractivity contribution in [2.45, 2.75) is 13.0 Å². The Morgan fingerprint density at radius 3 is 2.65 bits per heavy atom. The molecule has 2 N–H and O–H groups in total. The largest absolute Gasteiger partial charge is 0.481 e. The van der Waals surface area contributed by atoms with E-state index in [4.69, 9.17) is 10.5 Å². The number of ether oxygens (including phenoxy) is 1. The SMILES string of the molecule is C[C@@H](Oc1cccc(N)c1)C(=O)n1cccc1. The van der Waals surface area contributed by atoms with Crippen LogP contribution >= 0.6 is 0 Å². The molecule has 4 heteroatoms. The molecule has 0 aliphatic heterocycles. The van der Waals surface area contributed by atoms with Crippen molar-refractivity contribution in [1.29, 1.82) is 0 Å². The zero-order valence-electron chi connectivity index (χ0n) is 9.54. The van der Waals surface area contributed by atoms with E-state index in [1.54, 1.807) is 55.7 Å². The summed E-state index contributed by atoms with van der Waals surface area (Å²) in [7, 11) is 0. The Hall–Kier alpha value is -2.23. The minimum absolute atomic E-state index is 0.113. The number of aromatic nitrogens is 1. The van der Waals surface area contributed by atoms with Gasteiger partial charge < -0.3 is 10.5 Å². The summed E-state index contributed by atoms with van der Waals surface area (Å²) in [6.07, 6.45) is 2.84. The van der Waals surface area contributed by atoms with Gasteiger partial charge in [0.15, 0.2) is 6.10 Å². The number of carbonyl (C=O) groups is 1. The van der Waals surface area contributed by atoms with Gasteiger partial charge in [-0.2, -0.15) is 0 Å². The van der Waals surface area contributed by atoms with E-state index >= 15 is 0 Å². The number of nitrogens with two attached hydrogens (primary N) is 1. The molecule has 2 rings (SSSR count). The molecule has 0 bridgehead atoms. The summed E-state index contributed by atoms with van der Waals surface area (Å²) < 4.78 is 7.03. The Kier molecular flexibility index (Phi) is 3.14. The molecule has 1 heterocycles. The van der Waals surface area contributed by atoms with Crippen molar-refractivity contribution in [2.24, 2.45) is 0 Å². The fraction of sp³-hybridized carbons (Fsp3) is 0.154. The van der Waals surface area contributed by atoms with E-state index in [1.165, 1.54) is 4.57 Å². The first kappa shape index (κ1) is 11.3. The summed E-state index contributed by atoms with van der Waals surface area (Å²) >= 11 is 0. The van der Waals surface area contributed by atoms with Crippen LogP contribution in [-0.4, -0.2) is 16.6 Å². The van der Waals surface area contributed by atoms with Crippen LogP contribution in [0.3, 0.4) is 0 Å². The highest BCUT2D eigenvalue weighted by atomic mass is 16.5. The molecule has 0 saturated heterocycles. The van der Waals surface area contributed by atoms with Crippen LogP contribution in [0.4, 0.5) is 5.69 Å². The highest BCUT2D eigenvalue weighted by Crippen LogP contribution is 2.16. The van der Waals surface area contributed by atoms with E-state index in [-0.39, 0.29) is 5.91 Å². The predicted octanol–water partition coefficient (Wildman–Crippen LogP) is 2.18. The van der Waals surface area contributed by atoms with E-state index in [0.717, 1.165) is 0 Å². The van der Waals surface area contributed by atoms with Gasteiger partial charge in [-0.15, -0.1) is 0 Å². The molecule has 0 aliphatic carbocycles. The Balaban J connectivity index is 2.07. The van der Waals surface area contributed by atoms with Gasteiger partial charge in [0.25, 0.3) is 5.91 Å². The molecule has 88 valence electrons. The molecule has 0 aliphatic rings. The van der Waals surface area contributed by atoms with Crippen molar-refractivity contribution in [3.63, 3.8) is 0 Å². The van der Waals surface area contributed by atoms with Gasteiger partial charge in [-0.3, -0.25) is 9.36 Å². The number of benzene rings is 1. The molecule has 1 aromatic carbocycles. The van der Waals surface area contributed by atoms with Gasteiger partial charge >= 0.3 is 0 Å². The van der Waals surface area contributed by atoms with Crippen LogP contribution in [0, 0.1) is 0 Å². The summed E-state index contributed by atoms with van der Waals surface area (Å²) in [5.41, 5.74) is 6.25. The number of nitrogen functional groups attached to an aromatic ring is 1. The predicted molar refractivity (Wildman–Crippen MR) is 66.0 cm³/mol. The lowest BCUT2D eigenvalue weighted by molar-refractivity contribution is 0.0728. The molecule has 17 heavy (non-hydrogen) atoms. The van der Waals surface area contributed by atoms with Crippen molar-refractivity contribution in [2.75, 3.05) is 5.73 Å². The zero-order valence-corrected chi connectivity index (χ0v) is 9.54. The van der Waals surface area contributed by atoms with Gasteiger partial charge in [-0.05, 0) is 31.2 Å². The summed E-state index contributed by atoms with van der Waals surface area (Å²) in [4.78, 5) is 11.9. The smallest absolute Gasteiger partial charge is 0.271 e. The molecule has 0 saturated carbocycles. The highest BCUT2D eigenvalue weighted by Gasteiger charge is 2.15. The maximum atomic E-state index is 11.9. The van der Waals surface area contributed by atoms with Gasteiger partial charge in [0.05, 0.1) is 0 Å². The zero-order chi connectivity index (χ0) is 12.3. The number of nitrogens with zero attached hydrogens (tertiary/aromatic N) is 1. The molecular weight excluding hydrogens is 216 g/mol. The maximum Gasteiger partial charge on any atom is 0.271 e. The molecule has 1 atom stereocenters. The van der Waals surface area contributed by atoms with Crippen molar-refractivity contribution >= 4 is 11.6 Å². The number of rotatable bonds is 3. The minimum Gasteiger partial charge on any atom is -0.481 e. The van der Waals surface area contributed by atoms with Crippen molar-refractivity contribution in [3.8, 4) is 5.75 Å². The van der Waals surface area contributed by atoms with Gasteiger partial charge in [0.2, 0.25) is 0 Å². The van der Waals surface area contributed by atoms with Crippen LogP contribution in [0.25, 0.3) is 0 Å². The van der Waals surface area contributed by atoms with E-state index in [9.17, 15) is 4.79 Å². The molecule has 0 spiro atoms. The highest BCUT2D eigenvalue weighted by molar-refractivity contribution is 5.83. The number of anilines is 1. The van der Waals surface area contributed by atoms with Gasteiger partial charge in [0, 0.05) is 24.1 Å².